The molecule has 37 heavy (non-hydrogen) atoms. The largest absolute Gasteiger partial charge is 0.493 e. The van der Waals surface area contributed by atoms with Crippen molar-refractivity contribution >= 4 is 43.8 Å². The molecule has 0 bridgehead atoms. The van der Waals surface area contributed by atoms with Crippen LogP contribution in [-0.2, 0) is 16.3 Å². The van der Waals surface area contributed by atoms with Gasteiger partial charge in [0.05, 0.1) is 12.0 Å². The molecule has 190 valence electrons. The standard InChI is InChI=1S/C26H26FN7O2S/c1-33-13-16-6-5-9-36-21-11-18(10-17(14-33)24(16)21)29-26-28-12-19-20(27)15-34(25(19)31-26)23-8-4-7-22(30-23)32-37(2,3)35/h4,6-8,10-12,15H,5,9,13-14H2,1-3H3,(H,28,29,31). The van der Waals surface area contributed by atoms with E-state index in [0.29, 0.717) is 29.8 Å². The fourth-order valence-electron chi connectivity index (χ4n) is 4.79. The summed E-state index contributed by atoms with van der Waals surface area (Å²) in [4.78, 5) is 15.7. The van der Waals surface area contributed by atoms with Crippen LogP contribution in [0.25, 0.3) is 22.4 Å². The summed E-state index contributed by atoms with van der Waals surface area (Å²) in [6.07, 6.45) is 8.97. The van der Waals surface area contributed by atoms with Crippen molar-refractivity contribution in [2.24, 2.45) is 4.36 Å². The van der Waals surface area contributed by atoms with Gasteiger partial charge >= 0.3 is 0 Å². The number of pyridine rings is 1. The van der Waals surface area contributed by atoms with Crippen LogP contribution in [0, 0.1) is 5.82 Å². The highest BCUT2D eigenvalue weighted by atomic mass is 32.2. The van der Waals surface area contributed by atoms with Gasteiger partial charge in [-0.05, 0) is 36.4 Å². The summed E-state index contributed by atoms with van der Waals surface area (Å²) >= 11 is 0. The van der Waals surface area contributed by atoms with Gasteiger partial charge in [-0.2, -0.15) is 9.35 Å². The van der Waals surface area contributed by atoms with E-state index in [2.05, 4.69) is 48.7 Å². The zero-order valence-corrected chi connectivity index (χ0v) is 21.5. The molecule has 3 aromatic heterocycles. The molecule has 2 aliphatic heterocycles. The van der Waals surface area contributed by atoms with Gasteiger partial charge in [0.15, 0.2) is 17.3 Å². The number of nitrogens with one attached hydrogen (secondary N) is 1. The maximum absolute atomic E-state index is 14.8. The normalized spacial score (nSPS) is 15.5. The second kappa shape index (κ2) is 8.93. The van der Waals surface area contributed by atoms with Crippen molar-refractivity contribution in [2.75, 3.05) is 38.0 Å². The zero-order valence-electron chi connectivity index (χ0n) is 20.7. The van der Waals surface area contributed by atoms with Gasteiger partial charge in [-0.15, -0.1) is 0 Å². The second-order valence-electron chi connectivity index (χ2n) is 9.58. The number of nitrogens with zero attached hydrogens (tertiary/aromatic N) is 6. The van der Waals surface area contributed by atoms with E-state index in [1.807, 2.05) is 6.07 Å². The molecule has 0 unspecified atom stereocenters. The molecule has 0 fully saturated rings. The monoisotopic (exact) mass is 519 g/mol. The molecular weight excluding hydrogens is 493 g/mol. The average molecular weight is 520 g/mol. The first-order chi connectivity index (χ1) is 17.7. The Morgan fingerprint density at radius 2 is 2.05 bits per heavy atom. The molecule has 5 heterocycles. The summed E-state index contributed by atoms with van der Waals surface area (Å²) in [6, 6.07) is 9.17. The predicted octanol–water partition coefficient (Wildman–Crippen LogP) is 4.67. The fraction of sp³-hybridized carbons (Fsp3) is 0.269. The fourth-order valence-corrected chi connectivity index (χ4v) is 5.34. The van der Waals surface area contributed by atoms with Crippen molar-refractivity contribution in [3.8, 4) is 11.6 Å². The number of halogens is 1. The Morgan fingerprint density at radius 1 is 1.19 bits per heavy atom. The van der Waals surface area contributed by atoms with E-state index < -0.39 is 15.5 Å². The van der Waals surface area contributed by atoms with Crippen molar-refractivity contribution in [2.45, 2.75) is 13.0 Å². The number of aromatic nitrogens is 4. The van der Waals surface area contributed by atoms with Crippen molar-refractivity contribution in [1.82, 2.24) is 24.4 Å². The number of benzene rings is 1. The Morgan fingerprint density at radius 3 is 2.89 bits per heavy atom. The molecule has 0 atom stereocenters. The molecule has 6 rings (SSSR count). The van der Waals surface area contributed by atoms with E-state index in [1.54, 1.807) is 22.8 Å². The highest BCUT2D eigenvalue weighted by Crippen LogP contribution is 2.39. The number of ether oxygens (including phenoxy) is 1. The zero-order chi connectivity index (χ0) is 25.7. The van der Waals surface area contributed by atoms with Gasteiger partial charge in [-0.1, -0.05) is 12.1 Å². The maximum Gasteiger partial charge on any atom is 0.229 e. The van der Waals surface area contributed by atoms with Gasteiger partial charge in [-0.3, -0.25) is 9.47 Å². The van der Waals surface area contributed by atoms with Crippen molar-refractivity contribution in [3.63, 3.8) is 0 Å². The van der Waals surface area contributed by atoms with E-state index in [4.69, 9.17) is 4.74 Å². The van der Waals surface area contributed by atoms with Crippen LogP contribution in [0.5, 0.6) is 5.75 Å². The van der Waals surface area contributed by atoms with Crippen LogP contribution in [0.1, 0.15) is 17.5 Å². The number of anilines is 2. The third-order valence-electron chi connectivity index (χ3n) is 6.18. The lowest BCUT2D eigenvalue weighted by molar-refractivity contribution is 0.323. The Bertz CT molecular complexity index is 1700. The SMILES string of the molecule is CN1CC2=CCCOc3cc(Nc4ncc5c(F)cn(-c6cccc(N=S(C)(C)=O)n6)c5n4)cc(c32)C1. The van der Waals surface area contributed by atoms with Gasteiger partial charge in [-0.25, -0.2) is 18.6 Å². The predicted molar refractivity (Wildman–Crippen MR) is 143 cm³/mol. The molecule has 4 aromatic rings. The minimum atomic E-state index is -2.40. The first kappa shape index (κ1) is 23.6. The number of rotatable bonds is 4. The second-order valence-corrected chi connectivity index (χ2v) is 12.1. The summed E-state index contributed by atoms with van der Waals surface area (Å²) in [7, 11) is -0.294. The third kappa shape index (κ3) is 4.67. The van der Waals surface area contributed by atoms with Gasteiger partial charge in [0, 0.05) is 71.5 Å². The molecule has 0 spiro atoms. The van der Waals surface area contributed by atoms with Crippen LogP contribution in [-0.4, -0.2) is 61.3 Å². The van der Waals surface area contributed by atoms with E-state index in [-0.39, 0.29) is 5.39 Å². The van der Waals surface area contributed by atoms with Crippen LogP contribution in [0.3, 0.4) is 0 Å². The Kier molecular flexibility index (Phi) is 5.68. The number of hydrogen-bond acceptors (Lipinski definition) is 8. The number of hydrogen-bond donors (Lipinski definition) is 1. The van der Waals surface area contributed by atoms with Gasteiger partial charge in [0.2, 0.25) is 5.95 Å². The quantitative estimate of drug-likeness (QED) is 0.419. The molecule has 2 aliphatic rings. The minimum Gasteiger partial charge on any atom is -0.493 e. The molecule has 0 saturated carbocycles. The van der Waals surface area contributed by atoms with Crippen LogP contribution in [0.2, 0.25) is 0 Å². The van der Waals surface area contributed by atoms with Crippen molar-refractivity contribution in [3.05, 3.63) is 65.7 Å². The van der Waals surface area contributed by atoms with E-state index in [9.17, 15) is 8.60 Å². The highest BCUT2D eigenvalue weighted by molar-refractivity contribution is 7.92. The highest BCUT2D eigenvalue weighted by Gasteiger charge is 2.24. The third-order valence-corrected chi connectivity index (χ3v) is 6.81. The molecule has 1 aromatic carbocycles. The molecule has 0 saturated heterocycles. The van der Waals surface area contributed by atoms with E-state index in [0.717, 1.165) is 30.9 Å². The topological polar surface area (TPSA) is 97.5 Å². The Balaban J connectivity index is 1.39. The summed E-state index contributed by atoms with van der Waals surface area (Å²) in [6.45, 7) is 2.33. The van der Waals surface area contributed by atoms with Crippen LogP contribution in [0.15, 0.2) is 53.2 Å². The summed E-state index contributed by atoms with van der Waals surface area (Å²) < 4.78 is 38.7. The molecule has 11 heteroatoms. The first-order valence-corrected chi connectivity index (χ1v) is 14.2. The van der Waals surface area contributed by atoms with Gasteiger partial charge in [0.25, 0.3) is 0 Å². The average Bonchev–Trinajstić information content (AvgIpc) is 3.01. The molecule has 0 aliphatic carbocycles. The number of likely N-dealkylation sites (N-methyl/N-ethyl adjacent to an activating group) is 1. The van der Waals surface area contributed by atoms with Crippen LogP contribution in [0.4, 0.5) is 21.8 Å². The van der Waals surface area contributed by atoms with Gasteiger partial charge in [0.1, 0.15) is 11.6 Å². The van der Waals surface area contributed by atoms with E-state index >= 15 is 0 Å². The summed E-state index contributed by atoms with van der Waals surface area (Å²) in [5, 5.41) is 3.54. The minimum absolute atomic E-state index is 0.265. The molecule has 0 amide bonds. The van der Waals surface area contributed by atoms with Crippen LogP contribution < -0.4 is 10.1 Å². The smallest absolute Gasteiger partial charge is 0.229 e. The molecule has 1 N–H and O–H groups in total. The maximum atomic E-state index is 14.8. The lowest BCUT2D eigenvalue weighted by Gasteiger charge is -2.28. The first-order valence-electron chi connectivity index (χ1n) is 11.9. The molecule has 9 nitrogen and oxygen atoms in total. The summed E-state index contributed by atoms with van der Waals surface area (Å²) in [5.41, 5.74) is 4.78. The lowest BCUT2D eigenvalue weighted by Crippen LogP contribution is -2.26. The summed E-state index contributed by atoms with van der Waals surface area (Å²) in [5.74, 6) is 1.41. The lowest BCUT2D eigenvalue weighted by atomic mass is 9.93. The van der Waals surface area contributed by atoms with Gasteiger partial charge < -0.3 is 10.1 Å². The Labute approximate surface area is 214 Å². The van der Waals surface area contributed by atoms with Crippen molar-refractivity contribution < 1.29 is 13.3 Å². The van der Waals surface area contributed by atoms with E-state index in [1.165, 1.54) is 41.6 Å². The number of fused-ring (bicyclic) bond motifs is 1. The molecular formula is C26H26FN7O2S. The Hall–Kier alpha value is -3.83. The van der Waals surface area contributed by atoms with Crippen LogP contribution >= 0.6 is 0 Å². The van der Waals surface area contributed by atoms with Crippen molar-refractivity contribution in [1.29, 1.82) is 0 Å². The molecule has 0 radical (unpaired) electrons.